The summed E-state index contributed by atoms with van der Waals surface area (Å²) in [6.45, 7) is 5.02. The monoisotopic (exact) mass is 274 g/mol. The highest BCUT2D eigenvalue weighted by Gasteiger charge is 2.09. The summed E-state index contributed by atoms with van der Waals surface area (Å²) in [6.07, 6.45) is 1.45. The number of aromatic nitrogens is 3. The summed E-state index contributed by atoms with van der Waals surface area (Å²) < 4.78 is 20.8. The van der Waals surface area contributed by atoms with Crippen molar-refractivity contribution in [1.82, 2.24) is 14.8 Å². The smallest absolute Gasteiger partial charge is 0.166 e. The Bertz CT molecular complexity index is 630. The van der Waals surface area contributed by atoms with Gasteiger partial charge in [0.25, 0.3) is 0 Å². The van der Waals surface area contributed by atoms with E-state index in [4.69, 9.17) is 10.00 Å². The summed E-state index contributed by atoms with van der Waals surface area (Å²) in [5.74, 6) is 0.617. The summed E-state index contributed by atoms with van der Waals surface area (Å²) >= 11 is 0. The molecule has 0 aliphatic heterocycles. The number of hydrogen-bond acceptors (Lipinski definition) is 4. The Morgan fingerprint density at radius 1 is 1.45 bits per heavy atom. The van der Waals surface area contributed by atoms with Crippen molar-refractivity contribution in [3.8, 4) is 11.8 Å². The fourth-order valence-corrected chi connectivity index (χ4v) is 1.73. The second-order valence-electron chi connectivity index (χ2n) is 4.80. The Hall–Kier alpha value is -2.42. The van der Waals surface area contributed by atoms with Crippen LogP contribution in [0.5, 0.6) is 5.75 Å². The molecule has 0 spiro atoms. The molecule has 0 saturated carbocycles. The first-order chi connectivity index (χ1) is 9.60. The van der Waals surface area contributed by atoms with Crippen molar-refractivity contribution in [3.63, 3.8) is 0 Å². The molecule has 0 atom stereocenters. The van der Waals surface area contributed by atoms with E-state index in [1.807, 2.05) is 6.07 Å². The average molecular weight is 274 g/mol. The van der Waals surface area contributed by atoms with Crippen molar-refractivity contribution >= 4 is 0 Å². The maximum Gasteiger partial charge on any atom is 0.166 e. The van der Waals surface area contributed by atoms with Gasteiger partial charge in [-0.25, -0.2) is 14.1 Å². The molecule has 1 heterocycles. The van der Waals surface area contributed by atoms with E-state index in [-0.39, 0.29) is 17.9 Å². The summed E-state index contributed by atoms with van der Waals surface area (Å²) in [6, 6.07) is 5.97. The third-order valence-corrected chi connectivity index (χ3v) is 2.65. The molecule has 2 rings (SSSR count). The van der Waals surface area contributed by atoms with E-state index in [0.717, 1.165) is 12.6 Å². The third-order valence-electron chi connectivity index (χ3n) is 2.65. The van der Waals surface area contributed by atoms with Crippen LogP contribution < -0.4 is 4.74 Å². The zero-order valence-corrected chi connectivity index (χ0v) is 11.4. The molecular weight excluding hydrogens is 259 g/mol. The Balaban J connectivity index is 2.06. The van der Waals surface area contributed by atoms with Gasteiger partial charge in [0.05, 0.1) is 11.6 Å². The number of nitriles is 1. The molecule has 0 unspecified atom stereocenters. The second kappa shape index (κ2) is 6.15. The van der Waals surface area contributed by atoms with Crippen LogP contribution >= 0.6 is 0 Å². The molecule has 1 aromatic carbocycles. The van der Waals surface area contributed by atoms with Crippen LogP contribution in [0.3, 0.4) is 0 Å². The molecule has 20 heavy (non-hydrogen) atoms. The van der Waals surface area contributed by atoms with Crippen molar-refractivity contribution < 1.29 is 9.13 Å². The largest absolute Gasteiger partial charge is 0.483 e. The van der Waals surface area contributed by atoms with Gasteiger partial charge in [-0.1, -0.05) is 13.8 Å². The molecule has 0 aliphatic rings. The SMILES string of the molecule is CC(C)Cn1ncnc1COc1ccc(C#N)cc1F. The number of hydrogen-bond donors (Lipinski definition) is 0. The molecule has 1 aromatic heterocycles. The van der Waals surface area contributed by atoms with Crippen molar-refractivity contribution in [2.75, 3.05) is 0 Å². The second-order valence-corrected chi connectivity index (χ2v) is 4.80. The molecule has 0 fully saturated rings. The molecule has 0 amide bonds. The van der Waals surface area contributed by atoms with E-state index in [9.17, 15) is 4.39 Å². The summed E-state index contributed by atoms with van der Waals surface area (Å²) in [7, 11) is 0. The van der Waals surface area contributed by atoms with Gasteiger partial charge < -0.3 is 4.74 Å². The van der Waals surface area contributed by atoms with Crippen LogP contribution in [0.2, 0.25) is 0 Å². The van der Waals surface area contributed by atoms with Crippen LogP contribution in [-0.4, -0.2) is 14.8 Å². The lowest BCUT2D eigenvalue weighted by Crippen LogP contribution is -2.12. The lowest BCUT2D eigenvalue weighted by Gasteiger charge is -2.10. The Kier molecular flexibility index (Phi) is 4.31. The standard InChI is InChI=1S/C14H15FN4O/c1-10(2)7-19-14(17-9-18-19)8-20-13-4-3-11(6-16)5-12(13)15/h3-5,9-10H,7-8H2,1-2H3. The molecule has 0 aliphatic carbocycles. The number of benzene rings is 1. The molecule has 0 bridgehead atoms. The van der Waals surface area contributed by atoms with Crippen LogP contribution in [0.1, 0.15) is 25.2 Å². The molecule has 2 aromatic rings. The summed E-state index contributed by atoms with van der Waals surface area (Å²) in [4.78, 5) is 4.10. The van der Waals surface area contributed by atoms with E-state index < -0.39 is 5.82 Å². The van der Waals surface area contributed by atoms with Crippen molar-refractivity contribution in [1.29, 1.82) is 5.26 Å². The maximum absolute atomic E-state index is 13.7. The first kappa shape index (κ1) is 14.0. The highest BCUT2D eigenvalue weighted by molar-refractivity contribution is 5.35. The van der Waals surface area contributed by atoms with Crippen LogP contribution in [0.15, 0.2) is 24.5 Å². The number of rotatable bonds is 5. The minimum atomic E-state index is -0.557. The van der Waals surface area contributed by atoms with Crippen molar-refractivity contribution in [2.45, 2.75) is 27.0 Å². The lowest BCUT2D eigenvalue weighted by molar-refractivity contribution is 0.269. The molecule has 6 heteroatoms. The van der Waals surface area contributed by atoms with E-state index in [0.29, 0.717) is 11.7 Å². The number of nitrogens with zero attached hydrogens (tertiary/aromatic N) is 4. The third kappa shape index (κ3) is 3.32. The van der Waals surface area contributed by atoms with Crippen LogP contribution in [0.25, 0.3) is 0 Å². The predicted octanol–water partition coefficient (Wildman–Crippen LogP) is 2.52. The van der Waals surface area contributed by atoms with Crippen molar-refractivity contribution in [3.05, 3.63) is 41.7 Å². The van der Waals surface area contributed by atoms with Crippen LogP contribution in [0, 0.1) is 23.1 Å². The van der Waals surface area contributed by atoms with Gasteiger partial charge in [0.15, 0.2) is 17.4 Å². The zero-order valence-electron chi connectivity index (χ0n) is 11.4. The number of halogens is 1. The van der Waals surface area contributed by atoms with E-state index in [1.165, 1.54) is 18.5 Å². The van der Waals surface area contributed by atoms with Gasteiger partial charge in [-0.2, -0.15) is 10.4 Å². The zero-order chi connectivity index (χ0) is 14.5. The molecule has 0 N–H and O–H groups in total. The lowest BCUT2D eigenvalue weighted by atomic mass is 10.2. The van der Waals surface area contributed by atoms with E-state index in [2.05, 4.69) is 23.9 Å². The first-order valence-corrected chi connectivity index (χ1v) is 6.29. The van der Waals surface area contributed by atoms with Gasteiger partial charge in [-0.15, -0.1) is 0 Å². The van der Waals surface area contributed by atoms with E-state index >= 15 is 0 Å². The maximum atomic E-state index is 13.7. The quantitative estimate of drug-likeness (QED) is 0.840. The Morgan fingerprint density at radius 2 is 2.25 bits per heavy atom. The van der Waals surface area contributed by atoms with Gasteiger partial charge in [-0.3, -0.25) is 0 Å². The Morgan fingerprint density at radius 3 is 2.90 bits per heavy atom. The van der Waals surface area contributed by atoms with Gasteiger partial charge >= 0.3 is 0 Å². The number of ether oxygens (including phenoxy) is 1. The van der Waals surface area contributed by atoms with Gasteiger partial charge in [0, 0.05) is 6.54 Å². The van der Waals surface area contributed by atoms with Gasteiger partial charge in [0.1, 0.15) is 12.9 Å². The van der Waals surface area contributed by atoms with Crippen molar-refractivity contribution in [2.24, 2.45) is 5.92 Å². The average Bonchev–Trinajstić information content (AvgIpc) is 2.83. The normalized spacial score (nSPS) is 10.6. The predicted molar refractivity (Wildman–Crippen MR) is 70.3 cm³/mol. The van der Waals surface area contributed by atoms with Gasteiger partial charge in [-0.05, 0) is 24.1 Å². The summed E-state index contributed by atoms with van der Waals surface area (Å²) in [5.41, 5.74) is 0.262. The molecular formula is C14H15FN4O. The fourth-order valence-electron chi connectivity index (χ4n) is 1.73. The van der Waals surface area contributed by atoms with Gasteiger partial charge in [0.2, 0.25) is 0 Å². The minimum absolute atomic E-state index is 0.100. The van der Waals surface area contributed by atoms with Crippen LogP contribution in [-0.2, 0) is 13.2 Å². The fraction of sp³-hybridized carbons (Fsp3) is 0.357. The van der Waals surface area contributed by atoms with Crippen LogP contribution in [0.4, 0.5) is 4.39 Å². The minimum Gasteiger partial charge on any atom is -0.483 e. The highest BCUT2D eigenvalue weighted by atomic mass is 19.1. The molecule has 5 nitrogen and oxygen atoms in total. The topological polar surface area (TPSA) is 63.7 Å². The molecule has 104 valence electrons. The Labute approximate surface area is 116 Å². The summed E-state index contributed by atoms with van der Waals surface area (Å²) in [5, 5.41) is 12.8. The highest BCUT2D eigenvalue weighted by Crippen LogP contribution is 2.19. The molecule has 0 radical (unpaired) electrons. The van der Waals surface area contributed by atoms with E-state index in [1.54, 1.807) is 4.68 Å². The molecule has 0 saturated heterocycles. The first-order valence-electron chi connectivity index (χ1n) is 6.29.